The van der Waals surface area contributed by atoms with Crippen molar-refractivity contribution in [1.29, 1.82) is 0 Å². The van der Waals surface area contributed by atoms with Gasteiger partial charge in [0.05, 0.1) is 9.92 Å². The second kappa shape index (κ2) is 6.62. The monoisotopic (exact) mass is 359 g/mol. The smallest absolute Gasteiger partial charge is 0.275 e. The standard InChI is InChI=1S/C13H11Cl2N3O3S/c1-16-22(20,21)9-4-2-3-8(7-9)17-13(19)12-10(14)5-6-11(15)18-12/h2-7,16H,1H3,(H,17,19). The molecule has 0 aliphatic carbocycles. The molecule has 0 unspecified atom stereocenters. The van der Waals surface area contributed by atoms with Crippen LogP contribution in [0.3, 0.4) is 0 Å². The van der Waals surface area contributed by atoms with Crippen LogP contribution in [-0.4, -0.2) is 26.4 Å². The van der Waals surface area contributed by atoms with Crippen molar-refractivity contribution in [3.05, 3.63) is 52.3 Å². The highest BCUT2D eigenvalue weighted by Crippen LogP contribution is 2.20. The zero-order chi connectivity index (χ0) is 16.3. The van der Waals surface area contributed by atoms with E-state index in [-0.39, 0.29) is 20.8 Å². The van der Waals surface area contributed by atoms with Crippen LogP contribution in [0.5, 0.6) is 0 Å². The lowest BCUT2D eigenvalue weighted by atomic mass is 10.3. The quantitative estimate of drug-likeness (QED) is 0.821. The first-order valence-electron chi connectivity index (χ1n) is 6.00. The van der Waals surface area contributed by atoms with Gasteiger partial charge < -0.3 is 5.32 Å². The average Bonchev–Trinajstić information content (AvgIpc) is 2.50. The highest BCUT2D eigenvalue weighted by Gasteiger charge is 2.15. The van der Waals surface area contributed by atoms with Crippen LogP contribution in [0.4, 0.5) is 5.69 Å². The lowest BCUT2D eigenvalue weighted by molar-refractivity contribution is 0.102. The molecule has 2 rings (SSSR count). The number of benzene rings is 1. The molecule has 6 nitrogen and oxygen atoms in total. The van der Waals surface area contributed by atoms with Gasteiger partial charge in [-0.25, -0.2) is 18.1 Å². The van der Waals surface area contributed by atoms with Crippen molar-refractivity contribution in [2.45, 2.75) is 4.90 Å². The number of aromatic nitrogens is 1. The molecular weight excluding hydrogens is 349 g/mol. The van der Waals surface area contributed by atoms with E-state index >= 15 is 0 Å². The third-order valence-corrected chi connectivity index (χ3v) is 4.63. The van der Waals surface area contributed by atoms with Crippen LogP contribution in [0.15, 0.2) is 41.3 Å². The predicted octanol–water partition coefficient (Wildman–Crippen LogP) is 2.55. The summed E-state index contributed by atoms with van der Waals surface area (Å²) in [6.07, 6.45) is 0. The minimum atomic E-state index is -3.60. The summed E-state index contributed by atoms with van der Waals surface area (Å²) in [6.45, 7) is 0. The van der Waals surface area contributed by atoms with Gasteiger partial charge in [-0.1, -0.05) is 29.3 Å². The van der Waals surface area contributed by atoms with Gasteiger partial charge in [-0.2, -0.15) is 0 Å². The summed E-state index contributed by atoms with van der Waals surface area (Å²) in [7, 11) is -2.30. The molecule has 1 heterocycles. The van der Waals surface area contributed by atoms with Gasteiger partial charge in [0.1, 0.15) is 10.8 Å². The van der Waals surface area contributed by atoms with Crippen LogP contribution in [0.1, 0.15) is 10.5 Å². The number of nitrogens with one attached hydrogen (secondary N) is 2. The highest BCUT2D eigenvalue weighted by atomic mass is 35.5. The Hall–Kier alpha value is -1.67. The molecule has 0 atom stereocenters. The Labute approximate surface area is 137 Å². The van der Waals surface area contributed by atoms with E-state index in [4.69, 9.17) is 23.2 Å². The first-order chi connectivity index (χ1) is 10.3. The summed E-state index contributed by atoms with van der Waals surface area (Å²) < 4.78 is 25.7. The molecule has 22 heavy (non-hydrogen) atoms. The Kier molecular flexibility index (Phi) is 5.02. The van der Waals surface area contributed by atoms with Crippen molar-refractivity contribution in [3.63, 3.8) is 0 Å². The summed E-state index contributed by atoms with van der Waals surface area (Å²) in [4.78, 5) is 16.0. The fraction of sp³-hybridized carbons (Fsp3) is 0.0769. The summed E-state index contributed by atoms with van der Waals surface area (Å²) >= 11 is 11.6. The second-order valence-corrected chi connectivity index (χ2v) is 6.83. The minimum absolute atomic E-state index is 0.0259. The van der Waals surface area contributed by atoms with Gasteiger partial charge in [-0.15, -0.1) is 0 Å². The first-order valence-corrected chi connectivity index (χ1v) is 8.24. The zero-order valence-electron chi connectivity index (χ0n) is 11.3. The van der Waals surface area contributed by atoms with E-state index < -0.39 is 15.9 Å². The molecule has 2 aromatic rings. The number of sulfonamides is 1. The fourth-order valence-corrected chi connectivity index (χ4v) is 2.74. The van der Waals surface area contributed by atoms with Crippen molar-refractivity contribution in [1.82, 2.24) is 9.71 Å². The number of amides is 1. The number of rotatable bonds is 4. The molecule has 0 aliphatic heterocycles. The molecule has 0 saturated heterocycles. The number of carbonyl (C=O) groups excluding carboxylic acids is 1. The van der Waals surface area contributed by atoms with Crippen molar-refractivity contribution < 1.29 is 13.2 Å². The summed E-state index contributed by atoms with van der Waals surface area (Å²) in [5.74, 6) is -0.591. The number of nitrogens with zero attached hydrogens (tertiary/aromatic N) is 1. The van der Waals surface area contributed by atoms with Gasteiger partial charge in [-0.3, -0.25) is 4.79 Å². The van der Waals surface area contributed by atoms with E-state index in [0.29, 0.717) is 5.69 Å². The molecule has 1 aromatic carbocycles. The Morgan fingerprint density at radius 1 is 1.18 bits per heavy atom. The number of pyridine rings is 1. The van der Waals surface area contributed by atoms with Crippen LogP contribution in [0.2, 0.25) is 10.2 Å². The largest absolute Gasteiger partial charge is 0.321 e. The normalized spacial score (nSPS) is 11.2. The molecule has 0 bridgehead atoms. The molecule has 2 N–H and O–H groups in total. The predicted molar refractivity (Wildman–Crippen MR) is 84.9 cm³/mol. The summed E-state index contributed by atoms with van der Waals surface area (Å²) in [5, 5.41) is 2.79. The van der Waals surface area contributed by atoms with E-state index in [1.54, 1.807) is 6.07 Å². The van der Waals surface area contributed by atoms with Crippen LogP contribution >= 0.6 is 23.2 Å². The van der Waals surface area contributed by atoms with Gasteiger partial charge in [0.15, 0.2) is 0 Å². The van der Waals surface area contributed by atoms with E-state index in [9.17, 15) is 13.2 Å². The molecule has 116 valence electrons. The summed E-state index contributed by atoms with van der Waals surface area (Å²) in [6, 6.07) is 8.70. The van der Waals surface area contributed by atoms with Crippen molar-refractivity contribution >= 4 is 44.8 Å². The Balaban J connectivity index is 2.30. The van der Waals surface area contributed by atoms with Crippen molar-refractivity contribution in [2.24, 2.45) is 0 Å². The average molecular weight is 360 g/mol. The van der Waals surface area contributed by atoms with E-state index in [1.807, 2.05) is 0 Å². The Bertz CT molecular complexity index is 825. The van der Waals surface area contributed by atoms with Gasteiger partial charge in [0, 0.05) is 5.69 Å². The number of anilines is 1. The molecule has 9 heteroatoms. The molecule has 0 radical (unpaired) electrons. The zero-order valence-corrected chi connectivity index (χ0v) is 13.6. The topological polar surface area (TPSA) is 88.2 Å². The van der Waals surface area contributed by atoms with Crippen LogP contribution in [0, 0.1) is 0 Å². The van der Waals surface area contributed by atoms with E-state index in [2.05, 4.69) is 15.0 Å². The second-order valence-electron chi connectivity index (χ2n) is 4.15. The van der Waals surface area contributed by atoms with Crippen LogP contribution in [-0.2, 0) is 10.0 Å². The van der Waals surface area contributed by atoms with Gasteiger partial charge in [0.2, 0.25) is 10.0 Å². The molecular formula is C13H11Cl2N3O3S. The van der Waals surface area contributed by atoms with Crippen LogP contribution < -0.4 is 10.0 Å². The third-order valence-electron chi connectivity index (χ3n) is 2.70. The maximum atomic E-state index is 12.1. The number of carbonyl (C=O) groups is 1. The van der Waals surface area contributed by atoms with E-state index in [1.165, 1.54) is 37.4 Å². The molecule has 0 spiro atoms. The lowest BCUT2D eigenvalue weighted by Crippen LogP contribution is -2.19. The van der Waals surface area contributed by atoms with Gasteiger partial charge in [0.25, 0.3) is 5.91 Å². The van der Waals surface area contributed by atoms with Crippen LogP contribution in [0.25, 0.3) is 0 Å². The maximum Gasteiger partial charge on any atom is 0.275 e. The molecule has 1 amide bonds. The number of halogens is 2. The molecule has 0 saturated carbocycles. The van der Waals surface area contributed by atoms with Crippen molar-refractivity contribution in [2.75, 3.05) is 12.4 Å². The highest BCUT2D eigenvalue weighted by molar-refractivity contribution is 7.89. The SMILES string of the molecule is CNS(=O)(=O)c1cccc(NC(=O)c2nc(Cl)ccc2Cl)c1. The number of hydrogen-bond donors (Lipinski definition) is 2. The first kappa shape index (κ1) is 16.7. The Morgan fingerprint density at radius 3 is 2.59 bits per heavy atom. The lowest BCUT2D eigenvalue weighted by Gasteiger charge is -2.08. The molecule has 0 aliphatic rings. The molecule has 1 aromatic heterocycles. The fourth-order valence-electron chi connectivity index (χ4n) is 1.63. The van der Waals surface area contributed by atoms with Gasteiger partial charge in [-0.05, 0) is 37.4 Å². The molecule has 0 fully saturated rings. The van der Waals surface area contributed by atoms with E-state index in [0.717, 1.165) is 0 Å². The van der Waals surface area contributed by atoms with Crippen molar-refractivity contribution in [3.8, 4) is 0 Å². The minimum Gasteiger partial charge on any atom is -0.321 e. The maximum absolute atomic E-state index is 12.1. The number of hydrogen-bond acceptors (Lipinski definition) is 4. The third kappa shape index (κ3) is 3.75. The Morgan fingerprint density at radius 2 is 1.91 bits per heavy atom. The van der Waals surface area contributed by atoms with Gasteiger partial charge >= 0.3 is 0 Å². The summed E-state index contributed by atoms with van der Waals surface area (Å²) in [5.41, 5.74) is 0.246.